The van der Waals surface area contributed by atoms with Crippen LogP contribution in [0.2, 0.25) is 0 Å². The third-order valence-corrected chi connectivity index (χ3v) is 2.49. The molecule has 0 saturated heterocycles. The molecule has 1 heterocycles. The molecule has 2 aromatic rings. The first kappa shape index (κ1) is 12.0. The van der Waals surface area contributed by atoms with Crippen LogP contribution in [0.5, 0.6) is 5.75 Å². The van der Waals surface area contributed by atoms with E-state index in [4.69, 9.17) is 10.5 Å². The second-order valence-corrected chi connectivity index (χ2v) is 3.73. The number of carbonyl (C=O) groups excluding carboxylic acids is 1. The van der Waals surface area contributed by atoms with Gasteiger partial charge in [-0.15, -0.1) is 0 Å². The smallest absolute Gasteiger partial charge is 0.274 e. The third kappa shape index (κ3) is 2.27. The lowest BCUT2D eigenvalue weighted by atomic mass is 10.3. The van der Waals surface area contributed by atoms with Crippen LogP contribution in [0.15, 0.2) is 30.3 Å². The first-order valence-electron chi connectivity index (χ1n) is 5.35. The molecule has 0 fully saturated rings. The fourth-order valence-corrected chi connectivity index (χ4v) is 1.64. The van der Waals surface area contributed by atoms with Gasteiger partial charge in [-0.1, -0.05) is 12.1 Å². The lowest BCUT2D eigenvalue weighted by Crippen LogP contribution is -2.16. The van der Waals surface area contributed by atoms with Gasteiger partial charge in [-0.25, -0.2) is 0 Å². The van der Waals surface area contributed by atoms with Gasteiger partial charge in [-0.2, -0.15) is 5.10 Å². The number of aromatic nitrogens is 2. The molecule has 94 valence electrons. The van der Waals surface area contributed by atoms with Crippen molar-refractivity contribution in [3.8, 4) is 5.75 Å². The Kier molecular flexibility index (Phi) is 3.18. The maximum atomic E-state index is 12.0. The third-order valence-electron chi connectivity index (χ3n) is 2.49. The first-order valence-corrected chi connectivity index (χ1v) is 5.35. The summed E-state index contributed by atoms with van der Waals surface area (Å²) in [6.07, 6.45) is 0. The van der Waals surface area contributed by atoms with E-state index in [9.17, 15) is 4.79 Å². The molecule has 0 unspecified atom stereocenters. The van der Waals surface area contributed by atoms with Crippen molar-refractivity contribution in [2.75, 3.05) is 18.2 Å². The summed E-state index contributed by atoms with van der Waals surface area (Å²) in [4.78, 5) is 12.0. The van der Waals surface area contributed by atoms with Gasteiger partial charge in [-0.05, 0) is 12.1 Å². The van der Waals surface area contributed by atoms with Crippen molar-refractivity contribution in [2.24, 2.45) is 7.05 Å². The maximum Gasteiger partial charge on any atom is 0.274 e. The number of nitrogens with zero attached hydrogens (tertiary/aromatic N) is 2. The molecular formula is C12H14N4O2. The molecule has 0 atom stereocenters. The van der Waals surface area contributed by atoms with Crippen LogP contribution in [0.1, 0.15) is 10.5 Å². The van der Waals surface area contributed by atoms with Crippen molar-refractivity contribution < 1.29 is 9.53 Å². The van der Waals surface area contributed by atoms with E-state index in [1.807, 2.05) is 12.1 Å². The summed E-state index contributed by atoms with van der Waals surface area (Å²) in [6.45, 7) is 0. The number of aryl methyl sites for hydroxylation is 1. The molecule has 0 aliphatic heterocycles. The van der Waals surface area contributed by atoms with E-state index in [-0.39, 0.29) is 5.91 Å². The minimum atomic E-state index is -0.286. The number of para-hydroxylation sites is 2. The molecule has 0 saturated carbocycles. The predicted octanol–water partition coefficient (Wildman–Crippen LogP) is 1.26. The van der Waals surface area contributed by atoms with Crippen LogP contribution in [0.3, 0.4) is 0 Å². The summed E-state index contributed by atoms with van der Waals surface area (Å²) < 4.78 is 6.59. The molecule has 0 spiro atoms. The van der Waals surface area contributed by atoms with E-state index in [1.165, 1.54) is 10.7 Å². The number of carbonyl (C=O) groups is 1. The SMILES string of the molecule is COc1ccccc1NC(=O)c1cc(N)nn1C. The second kappa shape index (κ2) is 4.79. The zero-order chi connectivity index (χ0) is 13.1. The van der Waals surface area contributed by atoms with Crippen LogP contribution in [-0.4, -0.2) is 22.8 Å². The molecule has 1 aromatic heterocycles. The Morgan fingerprint density at radius 2 is 2.17 bits per heavy atom. The lowest BCUT2D eigenvalue weighted by molar-refractivity contribution is 0.101. The number of nitrogens with two attached hydrogens (primary N) is 1. The van der Waals surface area contributed by atoms with E-state index >= 15 is 0 Å². The zero-order valence-electron chi connectivity index (χ0n) is 10.2. The molecule has 6 heteroatoms. The Balaban J connectivity index is 2.24. The second-order valence-electron chi connectivity index (χ2n) is 3.73. The van der Waals surface area contributed by atoms with Gasteiger partial charge >= 0.3 is 0 Å². The molecule has 0 radical (unpaired) electrons. The largest absolute Gasteiger partial charge is 0.495 e. The number of hydrogen-bond donors (Lipinski definition) is 2. The van der Waals surface area contributed by atoms with E-state index in [0.29, 0.717) is 22.9 Å². The molecule has 0 aliphatic carbocycles. The van der Waals surface area contributed by atoms with E-state index in [1.54, 1.807) is 26.3 Å². The predicted molar refractivity (Wildman–Crippen MR) is 68.6 cm³/mol. The summed E-state index contributed by atoms with van der Waals surface area (Å²) in [6, 6.07) is 8.70. The average molecular weight is 246 g/mol. The van der Waals surface area contributed by atoms with Crippen molar-refractivity contribution in [3.63, 3.8) is 0 Å². The molecule has 1 amide bonds. The highest BCUT2D eigenvalue weighted by atomic mass is 16.5. The summed E-state index contributed by atoms with van der Waals surface area (Å²) >= 11 is 0. The van der Waals surface area contributed by atoms with Crippen LogP contribution in [0.25, 0.3) is 0 Å². The van der Waals surface area contributed by atoms with Gasteiger partial charge in [0.25, 0.3) is 5.91 Å². The highest BCUT2D eigenvalue weighted by molar-refractivity contribution is 6.04. The molecule has 6 nitrogen and oxygen atoms in total. The van der Waals surface area contributed by atoms with Crippen molar-refractivity contribution in [1.29, 1.82) is 0 Å². The molecular weight excluding hydrogens is 232 g/mol. The molecule has 3 N–H and O–H groups in total. The number of nitrogen functional groups attached to an aromatic ring is 1. The topological polar surface area (TPSA) is 82.2 Å². The summed E-state index contributed by atoms with van der Waals surface area (Å²) in [5, 5.41) is 6.67. The number of methoxy groups -OCH3 is 1. The maximum absolute atomic E-state index is 12.0. The number of amides is 1. The first-order chi connectivity index (χ1) is 8.61. The Bertz CT molecular complexity index is 577. The highest BCUT2D eigenvalue weighted by Gasteiger charge is 2.13. The number of hydrogen-bond acceptors (Lipinski definition) is 4. The van der Waals surface area contributed by atoms with Crippen LogP contribution in [0.4, 0.5) is 11.5 Å². The molecule has 1 aromatic carbocycles. The number of anilines is 2. The monoisotopic (exact) mass is 246 g/mol. The fraction of sp³-hybridized carbons (Fsp3) is 0.167. The van der Waals surface area contributed by atoms with Gasteiger partial charge in [-0.3, -0.25) is 9.48 Å². The van der Waals surface area contributed by atoms with Gasteiger partial charge in [0, 0.05) is 13.1 Å². The molecule has 0 aliphatic rings. The van der Waals surface area contributed by atoms with E-state index < -0.39 is 0 Å². The Labute approximate surface area is 104 Å². The van der Waals surface area contributed by atoms with E-state index in [2.05, 4.69) is 10.4 Å². The summed E-state index contributed by atoms with van der Waals surface area (Å²) in [5.74, 6) is 0.620. The standard InChI is InChI=1S/C12H14N4O2/c1-16-9(7-11(13)15-16)12(17)14-8-5-3-4-6-10(8)18-2/h3-7H,1-2H3,(H2,13,15)(H,14,17). The van der Waals surface area contributed by atoms with Crippen LogP contribution >= 0.6 is 0 Å². The van der Waals surface area contributed by atoms with Crippen molar-refractivity contribution in [3.05, 3.63) is 36.0 Å². The van der Waals surface area contributed by atoms with Crippen molar-refractivity contribution in [1.82, 2.24) is 9.78 Å². The highest BCUT2D eigenvalue weighted by Crippen LogP contribution is 2.23. The van der Waals surface area contributed by atoms with Gasteiger partial charge in [0.05, 0.1) is 12.8 Å². The molecule has 0 bridgehead atoms. The van der Waals surface area contributed by atoms with Crippen LogP contribution < -0.4 is 15.8 Å². The molecule has 2 rings (SSSR count). The van der Waals surface area contributed by atoms with Crippen LogP contribution in [-0.2, 0) is 7.05 Å². The Morgan fingerprint density at radius 3 is 2.78 bits per heavy atom. The Morgan fingerprint density at radius 1 is 1.44 bits per heavy atom. The number of nitrogens with one attached hydrogen (secondary N) is 1. The lowest BCUT2D eigenvalue weighted by Gasteiger charge is -2.09. The minimum Gasteiger partial charge on any atom is -0.495 e. The number of benzene rings is 1. The summed E-state index contributed by atoms with van der Waals surface area (Å²) in [5.41, 5.74) is 6.52. The quantitative estimate of drug-likeness (QED) is 0.854. The van der Waals surface area contributed by atoms with E-state index in [0.717, 1.165) is 0 Å². The minimum absolute atomic E-state index is 0.286. The fourth-order valence-electron chi connectivity index (χ4n) is 1.64. The van der Waals surface area contributed by atoms with Gasteiger partial charge in [0.1, 0.15) is 17.3 Å². The molecule has 18 heavy (non-hydrogen) atoms. The van der Waals surface area contributed by atoms with Crippen molar-refractivity contribution >= 4 is 17.4 Å². The average Bonchev–Trinajstić information content (AvgIpc) is 2.69. The summed E-state index contributed by atoms with van der Waals surface area (Å²) in [7, 11) is 3.21. The Hall–Kier alpha value is -2.50. The normalized spacial score (nSPS) is 10.1. The van der Waals surface area contributed by atoms with Crippen LogP contribution in [0, 0.1) is 0 Å². The van der Waals surface area contributed by atoms with Crippen molar-refractivity contribution in [2.45, 2.75) is 0 Å². The number of ether oxygens (including phenoxy) is 1. The van der Waals surface area contributed by atoms with Gasteiger partial charge in [0.15, 0.2) is 0 Å². The zero-order valence-corrected chi connectivity index (χ0v) is 10.2. The van der Waals surface area contributed by atoms with Gasteiger partial charge < -0.3 is 15.8 Å². The van der Waals surface area contributed by atoms with Gasteiger partial charge in [0.2, 0.25) is 0 Å². The number of rotatable bonds is 3.